The van der Waals surface area contributed by atoms with E-state index in [4.69, 9.17) is 9.47 Å². The predicted octanol–water partition coefficient (Wildman–Crippen LogP) is 3.69. The van der Waals surface area contributed by atoms with Crippen LogP contribution in [0.15, 0.2) is 52.5 Å². The lowest BCUT2D eigenvalue weighted by Crippen LogP contribution is -2.24. The number of carbonyl (C=O) groups is 1. The second kappa shape index (κ2) is 8.90. The molecule has 5 nitrogen and oxygen atoms in total. The number of ether oxygens (including phenoxy) is 2. The zero-order valence-electron chi connectivity index (χ0n) is 13.9. The van der Waals surface area contributed by atoms with Gasteiger partial charge in [-0.05, 0) is 35.9 Å². The molecule has 0 aliphatic rings. The first-order chi connectivity index (χ1) is 12.1. The number of amides is 1. The van der Waals surface area contributed by atoms with E-state index in [0.717, 1.165) is 15.6 Å². The summed E-state index contributed by atoms with van der Waals surface area (Å²) in [6, 6.07) is 14.6. The smallest absolute Gasteiger partial charge is 0.262 e. The van der Waals surface area contributed by atoms with Crippen LogP contribution >= 0.6 is 15.9 Å². The summed E-state index contributed by atoms with van der Waals surface area (Å²) < 4.78 is 11.4. The molecule has 6 heteroatoms. The van der Waals surface area contributed by atoms with Gasteiger partial charge in [0.1, 0.15) is 23.1 Å². The number of hydrogen-bond acceptors (Lipinski definition) is 4. The summed E-state index contributed by atoms with van der Waals surface area (Å²) in [5, 5.41) is 12.0. The van der Waals surface area contributed by atoms with Crippen molar-refractivity contribution < 1.29 is 14.3 Å². The number of nitriles is 1. The SMILES string of the molecule is COc1ccc(CNC(=O)/C(C#N)=C/c2ccc(Br)cc2)c(OC)c1. The van der Waals surface area contributed by atoms with Gasteiger partial charge >= 0.3 is 0 Å². The van der Waals surface area contributed by atoms with Crippen LogP contribution in [-0.2, 0) is 11.3 Å². The molecule has 25 heavy (non-hydrogen) atoms. The molecule has 128 valence electrons. The molecule has 1 N–H and O–H groups in total. The van der Waals surface area contributed by atoms with Crippen molar-refractivity contribution in [1.82, 2.24) is 5.32 Å². The van der Waals surface area contributed by atoms with Gasteiger partial charge in [0.05, 0.1) is 14.2 Å². The Balaban J connectivity index is 2.10. The zero-order chi connectivity index (χ0) is 18.2. The number of methoxy groups -OCH3 is 2. The summed E-state index contributed by atoms with van der Waals surface area (Å²) in [5.41, 5.74) is 1.60. The summed E-state index contributed by atoms with van der Waals surface area (Å²) in [5.74, 6) is 0.832. The Morgan fingerprint density at radius 3 is 2.52 bits per heavy atom. The molecule has 0 heterocycles. The fourth-order valence-corrected chi connectivity index (χ4v) is 2.41. The van der Waals surface area contributed by atoms with Gasteiger partial charge in [-0.1, -0.05) is 28.1 Å². The second-order valence-electron chi connectivity index (χ2n) is 5.08. The normalized spacial score (nSPS) is 10.7. The number of benzene rings is 2. The molecule has 0 fully saturated rings. The first-order valence-corrected chi connectivity index (χ1v) is 8.23. The summed E-state index contributed by atoms with van der Waals surface area (Å²) in [6.07, 6.45) is 1.55. The third kappa shape index (κ3) is 5.10. The van der Waals surface area contributed by atoms with Crippen LogP contribution in [-0.4, -0.2) is 20.1 Å². The summed E-state index contributed by atoms with van der Waals surface area (Å²) >= 11 is 3.35. The van der Waals surface area contributed by atoms with E-state index in [9.17, 15) is 10.1 Å². The lowest BCUT2D eigenvalue weighted by atomic mass is 10.1. The highest BCUT2D eigenvalue weighted by atomic mass is 79.9. The minimum absolute atomic E-state index is 0.0369. The third-order valence-electron chi connectivity index (χ3n) is 3.48. The van der Waals surface area contributed by atoms with Crippen molar-refractivity contribution in [1.29, 1.82) is 5.26 Å². The van der Waals surface area contributed by atoms with Gasteiger partial charge in [-0.2, -0.15) is 5.26 Å². The number of halogens is 1. The second-order valence-corrected chi connectivity index (χ2v) is 6.00. The summed E-state index contributed by atoms with van der Waals surface area (Å²) in [6.45, 7) is 0.241. The zero-order valence-corrected chi connectivity index (χ0v) is 15.5. The highest BCUT2D eigenvalue weighted by Crippen LogP contribution is 2.24. The van der Waals surface area contributed by atoms with Gasteiger partial charge in [0, 0.05) is 22.6 Å². The van der Waals surface area contributed by atoms with Crippen molar-refractivity contribution in [3.63, 3.8) is 0 Å². The fraction of sp³-hybridized carbons (Fsp3) is 0.158. The van der Waals surface area contributed by atoms with Gasteiger partial charge in [-0.15, -0.1) is 0 Å². The number of carbonyl (C=O) groups excluding carboxylic acids is 1. The Hall–Kier alpha value is -2.78. The van der Waals surface area contributed by atoms with E-state index in [1.165, 1.54) is 0 Å². The molecule has 0 aliphatic heterocycles. The van der Waals surface area contributed by atoms with E-state index in [-0.39, 0.29) is 12.1 Å². The van der Waals surface area contributed by atoms with Crippen LogP contribution in [0.5, 0.6) is 11.5 Å². The average molecular weight is 401 g/mol. The average Bonchev–Trinajstić information content (AvgIpc) is 2.65. The van der Waals surface area contributed by atoms with Crippen molar-refractivity contribution >= 4 is 27.9 Å². The van der Waals surface area contributed by atoms with E-state index >= 15 is 0 Å². The molecule has 0 unspecified atom stereocenters. The molecule has 0 atom stereocenters. The van der Waals surface area contributed by atoms with Gasteiger partial charge < -0.3 is 14.8 Å². The molecule has 0 spiro atoms. The molecule has 0 radical (unpaired) electrons. The molecule has 2 aromatic rings. The minimum atomic E-state index is -0.441. The molecule has 0 bridgehead atoms. The Labute approximate surface area is 155 Å². The van der Waals surface area contributed by atoms with Gasteiger partial charge in [0.15, 0.2) is 0 Å². The molecular weight excluding hydrogens is 384 g/mol. The monoisotopic (exact) mass is 400 g/mol. The predicted molar refractivity (Wildman–Crippen MR) is 99.1 cm³/mol. The van der Waals surface area contributed by atoms with Gasteiger partial charge in [-0.25, -0.2) is 0 Å². The number of rotatable bonds is 6. The van der Waals surface area contributed by atoms with Crippen LogP contribution in [0.1, 0.15) is 11.1 Å². The maximum absolute atomic E-state index is 12.3. The lowest BCUT2D eigenvalue weighted by Gasteiger charge is -2.11. The highest BCUT2D eigenvalue weighted by Gasteiger charge is 2.11. The van der Waals surface area contributed by atoms with Crippen molar-refractivity contribution in [2.45, 2.75) is 6.54 Å². The number of hydrogen-bond donors (Lipinski definition) is 1. The lowest BCUT2D eigenvalue weighted by molar-refractivity contribution is -0.117. The topological polar surface area (TPSA) is 71.3 Å². The van der Waals surface area contributed by atoms with Crippen LogP contribution in [0.3, 0.4) is 0 Å². The van der Waals surface area contributed by atoms with Crippen molar-refractivity contribution in [3.8, 4) is 17.6 Å². The molecule has 2 aromatic carbocycles. The first kappa shape index (κ1) is 18.6. The molecule has 0 aliphatic carbocycles. The molecule has 0 saturated carbocycles. The van der Waals surface area contributed by atoms with Gasteiger partial charge in [0.25, 0.3) is 5.91 Å². The van der Waals surface area contributed by atoms with Crippen molar-refractivity contribution in [3.05, 3.63) is 63.6 Å². The maximum atomic E-state index is 12.3. The van der Waals surface area contributed by atoms with Crippen LogP contribution < -0.4 is 14.8 Å². The summed E-state index contributed by atoms with van der Waals surface area (Å²) in [7, 11) is 3.12. The fourth-order valence-electron chi connectivity index (χ4n) is 2.14. The molecular formula is C19H17BrN2O3. The van der Waals surface area contributed by atoms with E-state index in [0.29, 0.717) is 11.5 Å². The number of nitrogens with zero attached hydrogens (tertiary/aromatic N) is 1. The number of nitrogens with one attached hydrogen (secondary N) is 1. The maximum Gasteiger partial charge on any atom is 0.262 e. The van der Waals surface area contributed by atoms with Crippen LogP contribution in [0.2, 0.25) is 0 Å². The Morgan fingerprint density at radius 2 is 1.92 bits per heavy atom. The molecule has 2 rings (SSSR count). The van der Waals surface area contributed by atoms with E-state index in [1.54, 1.807) is 32.4 Å². The van der Waals surface area contributed by atoms with Crippen LogP contribution in [0.4, 0.5) is 0 Å². The summed E-state index contributed by atoms with van der Waals surface area (Å²) in [4.78, 5) is 12.3. The van der Waals surface area contributed by atoms with E-state index < -0.39 is 5.91 Å². The van der Waals surface area contributed by atoms with E-state index in [2.05, 4.69) is 21.2 Å². The Kier molecular flexibility index (Phi) is 6.61. The van der Waals surface area contributed by atoms with Gasteiger partial charge in [-0.3, -0.25) is 4.79 Å². The first-order valence-electron chi connectivity index (χ1n) is 7.44. The molecule has 1 amide bonds. The Morgan fingerprint density at radius 1 is 1.20 bits per heavy atom. The highest BCUT2D eigenvalue weighted by molar-refractivity contribution is 9.10. The van der Waals surface area contributed by atoms with E-state index in [1.807, 2.05) is 36.4 Å². The molecule has 0 aromatic heterocycles. The standard InChI is InChI=1S/C19H17BrN2O3/c1-24-17-8-5-14(18(10-17)25-2)12-22-19(23)15(11-21)9-13-3-6-16(20)7-4-13/h3-10H,12H2,1-2H3,(H,22,23)/b15-9+. The quantitative estimate of drug-likeness (QED) is 0.592. The molecule has 0 saturated heterocycles. The van der Waals surface area contributed by atoms with Crippen LogP contribution in [0.25, 0.3) is 6.08 Å². The largest absolute Gasteiger partial charge is 0.497 e. The van der Waals surface area contributed by atoms with Crippen molar-refractivity contribution in [2.75, 3.05) is 14.2 Å². The van der Waals surface area contributed by atoms with Crippen molar-refractivity contribution in [2.24, 2.45) is 0 Å². The Bertz CT molecular complexity index is 824. The van der Waals surface area contributed by atoms with Gasteiger partial charge in [0.2, 0.25) is 0 Å². The van der Waals surface area contributed by atoms with Crippen LogP contribution in [0, 0.1) is 11.3 Å². The minimum Gasteiger partial charge on any atom is -0.497 e. The third-order valence-corrected chi connectivity index (χ3v) is 4.01.